The van der Waals surface area contributed by atoms with Gasteiger partial charge in [-0.05, 0) is 75.6 Å². The van der Waals surface area contributed by atoms with Crippen LogP contribution in [0.5, 0.6) is 11.5 Å². The normalized spacial score (nSPS) is 18.8. The number of esters is 2. The molecule has 0 spiro atoms. The molecule has 0 aromatic heterocycles. The number of aromatic hydroxyl groups is 1. The van der Waals surface area contributed by atoms with Crippen LogP contribution in [-0.2, 0) is 19.1 Å². The lowest BCUT2D eigenvalue weighted by molar-refractivity contribution is -0.141. The molecule has 0 atom stereocenters. The van der Waals surface area contributed by atoms with Crippen LogP contribution in [0, 0.1) is 12.8 Å². The van der Waals surface area contributed by atoms with Crippen LogP contribution < -0.4 is 4.74 Å². The van der Waals surface area contributed by atoms with Crippen molar-refractivity contribution in [3.8, 4) is 11.5 Å². The minimum Gasteiger partial charge on any atom is -0.508 e. The lowest BCUT2D eigenvalue weighted by atomic mass is 9.87. The molecule has 6 nitrogen and oxygen atoms in total. The molecule has 0 bridgehead atoms. The monoisotopic (exact) mass is 404 g/mol. The summed E-state index contributed by atoms with van der Waals surface area (Å²) in [5.74, 6) is 0.000411. The molecule has 1 aromatic carbocycles. The topological polar surface area (TPSA) is 82.1 Å². The van der Waals surface area contributed by atoms with Gasteiger partial charge in [0.25, 0.3) is 0 Å². The van der Waals surface area contributed by atoms with Gasteiger partial charge in [-0.2, -0.15) is 0 Å². The van der Waals surface area contributed by atoms with Crippen LogP contribution in [0.25, 0.3) is 0 Å². The number of hydrogen-bond acceptors (Lipinski definition) is 6. The van der Waals surface area contributed by atoms with Gasteiger partial charge in [0.2, 0.25) is 0 Å². The van der Waals surface area contributed by atoms with E-state index >= 15 is 0 Å². The number of unbranched alkanes of at least 4 members (excludes halogenated alkanes) is 3. The Hall–Kier alpha value is -2.34. The standard InChI is InChI=1S/C23H32O6/c1-3-22(25)28-15-7-5-4-6-14-27-19-10-8-18(9-11-19)23(26)29-20-12-13-21(24)17(2)16-20/h3,12-13,16,18-19,24H,1,4-11,14-15H2,2H3. The number of phenols is 1. The van der Waals surface area contributed by atoms with Crippen molar-refractivity contribution in [3.05, 3.63) is 36.4 Å². The molecule has 0 unspecified atom stereocenters. The lowest BCUT2D eigenvalue weighted by Crippen LogP contribution is -2.29. The number of carbonyl (C=O) groups excluding carboxylic acids is 2. The Balaban J connectivity index is 1.54. The minimum absolute atomic E-state index is 0.0952. The van der Waals surface area contributed by atoms with Crippen molar-refractivity contribution in [2.75, 3.05) is 13.2 Å². The summed E-state index contributed by atoms with van der Waals surface area (Å²) >= 11 is 0. The summed E-state index contributed by atoms with van der Waals surface area (Å²) in [5.41, 5.74) is 0.685. The second kappa shape index (κ2) is 12.3. The van der Waals surface area contributed by atoms with Gasteiger partial charge in [-0.3, -0.25) is 4.79 Å². The predicted octanol–water partition coefficient (Wildman–Crippen LogP) is 4.47. The van der Waals surface area contributed by atoms with Gasteiger partial charge in [0.15, 0.2) is 0 Å². The summed E-state index contributed by atoms with van der Waals surface area (Å²) < 4.78 is 16.3. The highest BCUT2D eigenvalue weighted by Crippen LogP contribution is 2.29. The summed E-state index contributed by atoms with van der Waals surface area (Å²) in [7, 11) is 0. The van der Waals surface area contributed by atoms with Gasteiger partial charge in [0.1, 0.15) is 11.5 Å². The van der Waals surface area contributed by atoms with Gasteiger partial charge < -0.3 is 19.3 Å². The van der Waals surface area contributed by atoms with Crippen molar-refractivity contribution >= 4 is 11.9 Å². The Labute approximate surface area is 172 Å². The van der Waals surface area contributed by atoms with Crippen molar-refractivity contribution in [2.45, 2.75) is 64.4 Å². The number of carbonyl (C=O) groups is 2. The van der Waals surface area contributed by atoms with Crippen LogP contribution in [0.4, 0.5) is 0 Å². The van der Waals surface area contributed by atoms with E-state index in [1.807, 2.05) is 0 Å². The molecule has 29 heavy (non-hydrogen) atoms. The Kier molecular flexibility index (Phi) is 9.71. The van der Waals surface area contributed by atoms with E-state index < -0.39 is 0 Å². The van der Waals surface area contributed by atoms with Crippen molar-refractivity contribution in [2.24, 2.45) is 5.92 Å². The SMILES string of the molecule is C=CC(=O)OCCCCCCOC1CCC(C(=O)Oc2ccc(O)c(C)c2)CC1. The van der Waals surface area contributed by atoms with E-state index in [1.54, 1.807) is 19.1 Å². The molecule has 0 saturated heterocycles. The van der Waals surface area contributed by atoms with Crippen molar-refractivity contribution < 1.29 is 28.9 Å². The number of aryl methyl sites for hydroxylation is 1. The van der Waals surface area contributed by atoms with Crippen LogP contribution in [0.3, 0.4) is 0 Å². The van der Waals surface area contributed by atoms with Crippen LogP contribution in [0.15, 0.2) is 30.9 Å². The fraction of sp³-hybridized carbons (Fsp3) is 0.565. The molecule has 0 heterocycles. The maximum Gasteiger partial charge on any atom is 0.330 e. The average molecular weight is 405 g/mol. The molecule has 1 N–H and O–H groups in total. The first kappa shape index (κ1) is 22.9. The summed E-state index contributed by atoms with van der Waals surface area (Å²) in [5, 5.41) is 9.55. The summed E-state index contributed by atoms with van der Waals surface area (Å²) in [6, 6.07) is 4.82. The first-order valence-corrected chi connectivity index (χ1v) is 10.4. The third-order valence-electron chi connectivity index (χ3n) is 5.20. The molecule has 6 heteroatoms. The number of hydrogen-bond donors (Lipinski definition) is 1. The Bertz CT molecular complexity index is 676. The first-order valence-electron chi connectivity index (χ1n) is 10.4. The van der Waals surface area contributed by atoms with Crippen LogP contribution in [-0.4, -0.2) is 36.4 Å². The average Bonchev–Trinajstić information content (AvgIpc) is 2.72. The molecule has 1 saturated carbocycles. The highest BCUT2D eigenvalue weighted by Gasteiger charge is 2.28. The quantitative estimate of drug-likeness (QED) is 0.254. The van der Waals surface area contributed by atoms with Crippen LogP contribution >= 0.6 is 0 Å². The zero-order valence-corrected chi connectivity index (χ0v) is 17.2. The number of phenolic OH excluding ortho intramolecular Hbond substituents is 1. The van der Waals surface area contributed by atoms with Crippen molar-refractivity contribution in [1.29, 1.82) is 0 Å². The van der Waals surface area contributed by atoms with Crippen LogP contribution in [0.1, 0.15) is 56.9 Å². The van der Waals surface area contributed by atoms with Gasteiger partial charge >= 0.3 is 11.9 Å². The molecule has 2 rings (SSSR count). The minimum atomic E-state index is -0.369. The third kappa shape index (κ3) is 8.28. The maximum atomic E-state index is 12.4. The molecule has 1 aliphatic carbocycles. The highest BCUT2D eigenvalue weighted by atomic mass is 16.5. The first-order chi connectivity index (χ1) is 14.0. The molecule has 0 aliphatic heterocycles. The molecular formula is C23H32O6. The molecule has 1 fully saturated rings. The van der Waals surface area contributed by atoms with E-state index in [4.69, 9.17) is 14.2 Å². The molecular weight excluding hydrogens is 372 g/mol. The van der Waals surface area contributed by atoms with E-state index in [0.29, 0.717) is 17.9 Å². The second-order valence-electron chi connectivity index (χ2n) is 7.50. The Morgan fingerprint density at radius 2 is 1.79 bits per heavy atom. The van der Waals surface area contributed by atoms with E-state index in [0.717, 1.165) is 58.0 Å². The van der Waals surface area contributed by atoms with Gasteiger partial charge in [0.05, 0.1) is 18.6 Å². The molecule has 1 aromatic rings. The number of ether oxygens (including phenoxy) is 3. The number of rotatable bonds is 11. The van der Waals surface area contributed by atoms with Crippen molar-refractivity contribution in [3.63, 3.8) is 0 Å². The summed E-state index contributed by atoms with van der Waals surface area (Å²) in [6.45, 7) is 6.29. The Morgan fingerprint density at radius 3 is 2.45 bits per heavy atom. The Morgan fingerprint density at radius 1 is 1.10 bits per heavy atom. The number of benzene rings is 1. The fourth-order valence-corrected chi connectivity index (χ4v) is 3.40. The lowest BCUT2D eigenvalue weighted by Gasteiger charge is -2.27. The maximum absolute atomic E-state index is 12.4. The summed E-state index contributed by atoms with van der Waals surface area (Å²) in [4.78, 5) is 23.3. The van der Waals surface area contributed by atoms with Crippen molar-refractivity contribution in [1.82, 2.24) is 0 Å². The van der Waals surface area contributed by atoms with Gasteiger partial charge in [-0.1, -0.05) is 13.0 Å². The molecule has 1 aliphatic rings. The molecule has 0 amide bonds. The summed E-state index contributed by atoms with van der Waals surface area (Å²) in [6.07, 6.45) is 8.55. The van der Waals surface area contributed by atoms with Gasteiger partial charge in [0, 0.05) is 12.7 Å². The van der Waals surface area contributed by atoms with E-state index in [1.165, 1.54) is 12.1 Å². The fourth-order valence-electron chi connectivity index (χ4n) is 3.40. The molecule has 0 radical (unpaired) electrons. The van der Waals surface area contributed by atoms with Gasteiger partial charge in [-0.15, -0.1) is 0 Å². The predicted molar refractivity (Wildman–Crippen MR) is 110 cm³/mol. The largest absolute Gasteiger partial charge is 0.508 e. The van der Waals surface area contributed by atoms with Gasteiger partial charge in [-0.25, -0.2) is 4.79 Å². The second-order valence-corrected chi connectivity index (χ2v) is 7.50. The van der Waals surface area contributed by atoms with E-state index in [-0.39, 0.29) is 29.7 Å². The highest BCUT2D eigenvalue weighted by molar-refractivity contribution is 5.81. The van der Waals surface area contributed by atoms with E-state index in [9.17, 15) is 14.7 Å². The molecule has 160 valence electrons. The van der Waals surface area contributed by atoms with E-state index in [2.05, 4.69) is 6.58 Å². The van der Waals surface area contributed by atoms with Crippen LogP contribution in [0.2, 0.25) is 0 Å². The third-order valence-corrected chi connectivity index (χ3v) is 5.20. The zero-order chi connectivity index (χ0) is 21.1. The smallest absolute Gasteiger partial charge is 0.330 e. The zero-order valence-electron chi connectivity index (χ0n) is 17.2.